The molecule has 4 heteroatoms. The van der Waals surface area contributed by atoms with E-state index in [9.17, 15) is 4.79 Å². The van der Waals surface area contributed by atoms with E-state index >= 15 is 0 Å². The molecule has 0 spiro atoms. The third kappa shape index (κ3) is 3.56. The summed E-state index contributed by atoms with van der Waals surface area (Å²) in [4.78, 5) is 10.9. The lowest BCUT2D eigenvalue weighted by molar-refractivity contribution is 0.100. The zero-order valence-electron chi connectivity index (χ0n) is 10.5. The van der Waals surface area contributed by atoms with Crippen molar-refractivity contribution >= 4 is 5.91 Å². The first-order chi connectivity index (χ1) is 9.19. The van der Waals surface area contributed by atoms with Crippen molar-refractivity contribution in [3.05, 3.63) is 59.7 Å². The van der Waals surface area contributed by atoms with Gasteiger partial charge in [0.15, 0.2) is 0 Å². The molecule has 0 saturated heterocycles. The van der Waals surface area contributed by atoms with Crippen LogP contribution in [0.1, 0.15) is 15.9 Å². The van der Waals surface area contributed by atoms with Gasteiger partial charge in [0.1, 0.15) is 11.5 Å². The van der Waals surface area contributed by atoms with E-state index in [4.69, 9.17) is 16.2 Å². The number of hydrogen-bond acceptors (Lipinski definition) is 3. The van der Waals surface area contributed by atoms with Crippen LogP contribution in [0, 0.1) is 0 Å². The average molecular weight is 256 g/mol. The molecule has 4 N–H and O–H groups in total. The molecule has 1 amide bonds. The summed E-state index contributed by atoms with van der Waals surface area (Å²) in [6.45, 7) is 0.634. The first-order valence-corrected chi connectivity index (χ1v) is 6.06. The van der Waals surface area contributed by atoms with Crippen molar-refractivity contribution in [3.63, 3.8) is 0 Å². The minimum Gasteiger partial charge on any atom is -0.457 e. The van der Waals surface area contributed by atoms with E-state index in [2.05, 4.69) is 0 Å². The van der Waals surface area contributed by atoms with Crippen molar-refractivity contribution in [2.45, 2.75) is 6.42 Å². The first-order valence-electron chi connectivity index (χ1n) is 6.06. The molecule has 0 aliphatic heterocycles. The maximum atomic E-state index is 10.9. The molecule has 98 valence electrons. The van der Waals surface area contributed by atoms with E-state index in [0.717, 1.165) is 12.2 Å². The maximum Gasteiger partial charge on any atom is 0.248 e. The highest BCUT2D eigenvalue weighted by atomic mass is 16.5. The predicted octanol–water partition coefficient (Wildman–Crippen LogP) is 2.08. The topological polar surface area (TPSA) is 78.3 Å². The van der Waals surface area contributed by atoms with Gasteiger partial charge in [-0.3, -0.25) is 4.79 Å². The Bertz CT molecular complexity index is 547. The van der Waals surface area contributed by atoms with Crippen LogP contribution in [0.5, 0.6) is 11.5 Å². The second-order valence-corrected chi connectivity index (χ2v) is 4.17. The van der Waals surface area contributed by atoms with Crippen LogP contribution in [0.25, 0.3) is 0 Å². The van der Waals surface area contributed by atoms with Gasteiger partial charge in [0.25, 0.3) is 0 Å². The Morgan fingerprint density at radius 3 is 1.95 bits per heavy atom. The summed E-state index contributed by atoms with van der Waals surface area (Å²) in [6.07, 6.45) is 0.855. The molecule has 2 aromatic carbocycles. The highest BCUT2D eigenvalue weighted by Gasteiger charge is 2.01. The Labute approximate surface area is 112 Å². The summed E-state index contributed by atoms with van der Waals surface area (Å²) in [7, 11) is 0. The molecule has 2 aromatic rings. The van der Waals surface area contributed by atoms with E-state index in [1.807, 2.05) is 24.3 Å². The van der Waals surface area contributed by atoms with Gasteiger partial charge in [-0.05, 0) is 54.9 Å². The Morgan fingerprint density at radius 1 is 0.947 bits per heavy atom. The normalized spacial score (nSPS) is 10.2. The van der Waals surface area contributed by atoms with Crippen LogP contribution in [0.2, 0.25) is 0 Å². The van der Waals surface area contributed by atoms with Gasteiger partial charge >= 0.3 is 0 Å². The molecule has 0 aromatic heterocycles. The number of rotatable bonds is 5. The summed E-state index contributed by atoms with van der Waals surface area (Å²) < 4.78 is 5.66. The molecule has 0 radical (unpaired) electrons. The standard InChI is InChI=1S/C15H16N2O2/c16-10-9-11-1-5-13(6-2-11)19-14-7-3-12(4-8-14)15(17)18/h1-8H,9-10,16H2,(H2,17,18). The van der Waals surface area contributed by atoms with E-state index < -0.39 is 5.91 Å². The van der Waals surface area contributed by atoms with Gasteiger partial charge < -0.3 is 16.2 Å². The monoisotopic (exact) mass is 256 g/mol. The molecule has 0 unspecified atom stereocenters. The fraction of sp³-hybridized carbons (Fsp3) is 0.133. The van der Waals surface area contributed by atoms with Crippen LogP contribution in [-0.2, 0) is 6.42 Å². The minimum atomic E-state index is -0.447. The number of hydrogen-bond donors (Lipinski definition) is 2. The average Bonchev–Trinajstić information content (AvgIpc) is 2.42. The third-order valence-corrected chi connectivity index (χ3v) is 2.73. The van der Waals surface area contributed by atoms with Crippen molar-refractivity contribution in [2.75, 3.05) is 6.54 Å². The second kappa shape index (κ2) is 6.02. The molecular formula is C15H16N2O2. The molecule has 19 heavy (non-hydrogen) atoms. The Balaban J connectivity index is 2.06. The fourth-order valence-corrected chi connectivity index (χ4v) is 1.71. The second-order valence-electron chi connectivity index (χ2n) is 4.17. The van der Waals surface area contributed by atoms with Gasteiger partial charge in [-0.1, -0.05) is 12.1 Å². The van der Waals surface area contributed by atoms with E-state index in [1.165, 1.54) is 5.56 Å². The molecule has 0 saturated carbocycles. The summed E-state index contributed by atoms with van der Waals surface area (Å²) in [5.74, 6) is 0.960. The van der Waals surface area contributed by atoms with Gasteiger partial charge in [0.05, 0.1) is 0 Å². The summed E-state index contributed by atoms with van der Waals surface area (Å²) in [5.41, 5.74) is 12.3. The first kappa shape index (κ1) is 13.1. The largest absolute Gasteiger partial charge is 0.457 e. The molecule has 0 atom stereocenters. The number of nitrogens with two attached hydrogens (primary N) is 2. The van der Waals surface area contributed by atoms with Gasteiger partial charge in [0.2, 0.25) is 5.91 Å². The Kier molecular flexibility index (Phi) is 4.15. The third-order valence-electron chi connectivity index (χ3n) is 2.73. The number of ether oxygens (including phenoxy) is 1. The zero-order chi connectivity index (χ0) is 13.7. The zero-order valence-corrected chi connectivity index (χ0v) is 10.5. The van der Waals surface area contributed by atoms with E-state index in [-0.39, 0.29) is 0 Å². The number of primary amides is 1. The maximum absolute atomic E-state index is 10.9. The number of carbonyl (C=O) groups excluding carboxylic acids is 1. The molecule has 0 aliphatic rings. The van der Waals surface area contributed by atoms with Crippen LogP contribution in [0.3, 0.4) is 0 Å². The van der Waals surface area contributed by atoms with Gasteiger partial charge in [-0.25, -0.2) is 0 Å². The minimum absolute atomic E-state index is 0.447. The van der Waals surface area contributed by atoms with Gasteiger partial charge in [-0.15, -0.1) is 0 Å². The molecule has 0 fully saturated rings. The lowest BCUT2D eigenvalue weighted by atomic mass is 10.1. The summed E-state index contributed by atoms with van der Waals surface area (Å²) >= 11 is 0. The van der Waals surface area contributed by atoms with Crippen molar-refractivity contribution in [2.24, 2.45) is 11.5 Å². The number of carbonyl (C=O) groups is 1. The Morgan fingerprint density at radius 2 is 1.47 bits per heavy atom. The van der Waals surface area contributed by atoms with Crippen LogP contribution >= 0.6 is 0 Å². The van der Waals surface area contributed by atoms with Crippen LogP contribution < -0.4 is 16.2 Å². The van der Waals surface area contributed by atoms with Crippen molar-refractivity contribution < 1.29 is 9.53 Å². The van der Waals surface area contributed by atoms with Crippen LogP contribution in [0.15, 0.2) is 48.5 Å². The van der Waals surface area contributed by atoms with Crippen LogP contribution in [0.4, 0.5) is 0 Å². The van der Waals surface area contributed by atoms with Crippen molar-refractivity contribution in [3.8, 4) is 11.5 Å². The predicted molar refractivity (Wildman–Crippen MR) is 74.2 cm³/mol. The highest BCUT2D eigenvalue weighted by molar-refractivity contribution is 5.92. The Hall–Kier alpha value is -2.33. The quantitative estimate of drug-likeness (QED) is 0.859. The molecule has 2 rings (SSSR count). The van der Waals surface area contributed by atoms with Gasteiger partial charge in [0, 0.05) is 5.56 Å². The molecular weight excluding hydrogens is 240 g/mol. The lowest BCUT2D eigenvalue weighted by Crippen LogP contribution is -2.10. The highest BCUT2D eigenvalue weighted by Crippen LogP contribution is 2.22. The van der Waals surface area contributed by atoms with E-state index in [1.54, 1.807) is 24.3 Å². The fourth-order valence-electron chi connectivity index (χ4n) is 1.71. The van der Waals surface area contributed by atoms with Crippen LogP contribution in [-0.4, -0.2) is 12.5 Å². The molecule has 4 nitrogen and oxygen atoms in total. The smallest absolute Gasteiger partial charge is 0.248 e. The summed E-state index contributed by atoms with van der Waals surface area (Å²) in [5, 5.41) is 0. The molecule has 0 heterocycles. The van der Waals surface area contributed by atoms with Crippen molar-refractivity contribution in [1.29, 1.82) is 0 Å². The lowest BCUT2D eigenvalue weighted by Gasteiger charge is -2.07. The van der Waals surface area contributed by atoms with E-state index in [0.29, 0.717) is 17.9 Å². The summed E-state index contributed by atoms with van der Waals surface area (Å²) in [6, 6.07) is 14.5. The number of benzene rings is 2. The van der Waals surface area contributed by atoms with Gasteiger partial charge in [-0.2, -0.15) is 0 Å². The molecule has 0 aliphatic carbocycles. The van der Waals surface area contributed by atoms with Crippen molar-refractivity contribution in [1.82, 2.24) is 0 Å². The molecule has 0 bridgehead atoms. The number of amides is 1. The SMILES string of the molecule is NCCc1ccc(Oc2ccc(C(N)=O)cc2)cc1.